The van der Waals surface area contributed by atoms with E-state index in [-0.39, 0.29) is 0 Å². The quantitative estimate of drug-likeness (QED) is 0.189. The van der Waals surface area contributed by atoms with Gasteiger partial charge in [0.05, 0.1) is 11.4 Å². The molecule has 3 heteroatoms. The summed E-state index contributed by atoms with van der Waals surface area (Å²) in [4.78, 5) is 5.56. The molecule has 0 radical (unpaired) electrons. The Morgan fingerprint density at radius 1 is 0.549 bits per heavy atom. The molecule has 242 valence electrons. The van der Waals surface area contributed by atoms with E-state index in [1.165, 1.54) is 44.2 Å². The van der Waals surface area contributed by atoms with Gasteiger partial charge in [0.1, 0.15) is 23.5 Å². The summed E-state index contributed by atoms with van der Waals surface area (Å²) in [6, 6.07) is 53.7. The number of hydrogen-bond acceptors (Lipinski definition) is 3. The van der Waals surface area contributed by atoms with Gasteiger partial charge in [-0.3, -0.25) is 4.99 Å². The molecule has 0 unspecified atom stereocenters. The molecule has 0 bridgehead atoms. The van der Waals surface area contributed by atoms with Gasteiger partial charge >= 0.3 is 0 Å². The molecular weight excluding hydrogens is 623 g/mol. The average molecular weight is 656 g/mol. The highest BCUT2D eigenvalue weighted by Gasteiger charge is 2.25. The third kappa shape index (κ3) is 5.09. The highest BCUT2D eigenvalue weighted by Crippen LogP contribution is 2.45. The van der Waals surface area contributed by atoms with Crippen LogP contribution in [0.4, 0.5) is 0 Å². The van der Waals surface area contributed by atoms with E-state index in [0.29, 0.717) is 6.61 Å². The van der Waals surface area contributed by atoms with Gasteiger partial charge in [0.25, 0.3) is 0 Å². The second-order valence-corrected chi connectivity index (χ2v) is 13.5. The van der Waals surface area contributed by atoms with Crippen LogP contribution in [0.5, 0.6) is 5.75 Å². The van der Waals surface area contributed by atoms with Crippen LogP contribution in [0.1, 0.15) is 35.6 Å². The van der Waals surface area contributed by atoms with E-state index in [0.717, 1.165) is 67.8 Å². The third-order valence-corrected chi connectivity index (χ3v) is 10.4. The molecule has 3 nitrogen and oxygen atoms in total. The number of benzene rings is 7. The molecule has 0 atom stereocenters. The average Bonchev–Trinajstić information content (AvgIpc) is 3.47. The molecule has 0 saturated heterocycles. The van der Waals surface area contributed by atoms with E-state index >= 15 is 0 Å². The lowest BCUT2D eigenvalue weighted by molar-refractivity contribution is 0.302. The third-order valence-electron chi connectivity index (χ3n) is 10.4. The maximum atomic E-state index is 6.48. The first-order valence-corrected chi connectivity index (χ1v) is 17.5. The van der Waals surface area contributed by atoms with Crippen molar-refractivity contribution in [2.45, 2.75) is 20.0 Å². The monoisotopic (exact) mass is 655 g/mol. The van der Waals surface area contributed by atoms with Crippen molar-refractivity contribution in [3.8, 4) is 28.0 Å². The highest BCUT2D eigenvalue weighted by molar-refractivity contribution is 6.11. The van der Waals surface area contributed by atoms with Crippen LogP contribution in [0, 0.1) is 0 Å². The van der Waals surface area contributed by atoms with E-state index in [1.54, 1.807) is 0 Å². The molecule has 51 heavy (non-hydrogen) atoms. The predicted molar refractivity (Wildman–Crippen MR) is 211 cm³/mol. The Kier molecular flexibility index (Phi) is 6.85. The minimum absolute atomic E-state index is 0.528. The summed E-state index contributed by atoms with van der Waals surface area (Å²) in [5.41, 5.74) is 15.4. The molecular formula is C48H33NO2. The van der Waals surface area contributed by atoms with Gasteiger partial charge < -0.3 is 9.15 Å². The molecule has 2 aliphatic heterocycles. The number of allylic oxidation sites excluding steroid dienone is 3. The fourth-order valence-electron chi connectivity index (χ4n) is 7.79. The zero-order chi connectivity index (χ0) is 33.9. The van der Waals surface area contributed by atoms with Crippen LogP contribution in [-0.2, 0) is 6.61 Å². The molecule has 0 amide bonds. The summed E-state index contributed by atoms with van der Waals surface area (Å²) in [5, 5.41) is 4.67. The van der Waals surface area contributed by atoms with Crippen LogP contribution in [0.15, 0.2) is 173 Å². The van der Waals surface area contributed by atoms with Crippen molar-refractivity contribution in [2.75, 3.05) is 0 Å². The summed E-state index contributed by atoms with van der Waals surface area (Å²) in [6.07, 6.45) is 3.01. The van der Waals surface area contributed by atoms with Crippen molar-refractivity contribution in [1.29, 1.82) is 0 Å². The summed E-state index contributed by atoms with van der Waals surface area (Å²) in [6.45, 7) is 2.77. The number of rotatable bonds is 4. The lowest BCUT2D eigenvalue weighted by Crippen LogP contribution is -2.08. The van der Waals surface area contributed by atoms with Crippen molar-refractivity contribution < 1.29 is 9.15 Å². The Balaban J connectivity index is 1.17. The maximum Gasteiger partial charge on any atom is 0.135 e. The van der Waals surface area contributed by atoms with Crippen molar-refractivity contribution >= 4 is 49.7 Å². The van der Waals surface area contributed by atoms with Crippen LogP contribution in [0.25, 0.3) is 66.2 Å². The minimum Gasteiger partial charge on any atom is -0.488 e. The molecule has 0 saturated carbocycles. The van der Waals surface area contributed by atoms with Gasteiger partial charge in [-0.1, -0.05) is 121 Å². The first-order valence-electron chi connectivity index (χ1n) is 17.5. The predicted octanol–water partition coefficient (Wildman–Crippen LogP) is 12.7. The molecule has 1 aromatic heterocycles. The largest absolute Gasteiger partial charge is 0.488 e. The van der Waals surface area contributed by atoms with E-state index in [1.807, 2.05) is 12.1 Å². The standard InChI is InChI=1S/C48H33NO2/c1-30-24-43(36-19-18-32-12-5-6-13-33(32)25-36)49-44(28-41(30)35-21-23-46-42(27-35)39-14-7-8-16-45(39)51-46)40-15-9-17-47-48(40)38-22-20-34(26-37(38)29-50-47)31-10-3-2-4-11-31/h2-23,25-28H,24,29H2,1H3. The first kappa shape index (κ1) is 29.5. The lowest BCUT2D eigenvalue weighted by atomic mass is 9.88. The number of hydrogen-bond donors (Lipinski definition) is 0. The van der Waals surface area contributed by atoms with Crippen LogP contribution >= 0.6 is 0 Å². The second-order valence-electron chi connectivity index (χ2n) is 13.5. The fraction of sp³-hybridized carbons (Fsp3) is 0.0625. The maximum absolute atomic E-state index is 6.48. The summed E-state index contributed by atoms with van der Waals surface area (Å²) < 4.78 is 12.7. The van der Waals surface area contributed by atoms with E-state index in [4.69, 9.17) is 14.1 Å². The van der Waals surface area contributed by atoms with E-state index in [9.17, 15) is 0 Å². The highest BCUT2D eigenvalue weighted by atomic mass is 16.5. The Labute approximate surface area is 296 Å². The van der Waals surface area contributed by atoms with Gasteiger partial charge in [-0.15, -0.1) is 0 Å². The second kappa shape index (κ2) is 11.9. The minimum atomic E-state index is 0.528. The van der Waals surface area contributed by atoms with E-state index in [2.05, 4.69) is 153 Å². The molecule has 7 aromatic carbocycles. The number of fused-ring (bicyclic) bond motifs is 7. The molecule has 10 rings (SSSR count). The Morgan fingerprint density at radius 3 is 2.25 bits per heavy atom. The summed E-state index contributed by atoms with van der Waals surface area (Å²) in [7, 11) is 0. The number of para-hydroxylation sites is 1. The van der Waals surface area contributed by atoms with Crippen molar-refractivity contribution in [3.63, 3.8) is 0 Å². The Bertz CT molecular complexity index is 2780. The van der Waals surface area contributed by atoms with Gasteiger partial charge in [0.2, 0.25) is 0 Å². The summed E-state index contributed by atoms with van der Waals surface area (Å²) >= 11 is 0. The lowest BCUT2D eigenvalue weighted by Gasteiger charge is -2.24. The van der Waals surface area contributed by atoms with Crippen LogP contribution < -0.4 is 4.74 Å². The zero-order valence-corrected chi connectivity index (χ0v) is 28.2. The number of nitrogens with zero attached hydrogens (tertiary/aromatic N) is 1. The topological polar surface area (TPSA) is 34.7 Å². The molecule has 8 aromatic rings. The summed E-state index contributed by atoms with van der Waals surface area (Å²) in [5.74, 6) is 0.883. The molecule has 0 fully saturated rings. The van der Waals surface area contributed by atoms with Gasteiger partial charge in [0, 0.05) is 28.3 Å². The van der Waals surface area contributed by atoms with Crippen LogP contribution in [0.3, 0.4) is 0 Å². The smallest absolute Gasteiger partial charge is 0.135 e. The van der Waals surface area contributed by atoms with Crippen LogP contribution in [0.2, 0.25) is 0 Å². The number of aliphatic imine (C=N–C) groups is 1. The van der Waals surface area contributed by atoms with Gasteiger partial charge in [-0.2, -0.15) is 0 Å². The van der Waals surface area contributed by atoms with Crippen molar-refractivity contribution in [1.82, 2.24) is 0 Å². The fourth-order valence-corrected chi connectivity index (χ4v) is 7.79. The molecule has 2 aliphatic rings. The van der Waals surface area contributed by atoms with Crippen molar-refractivity contribution in [2.24, 2.45) is 4.99 Å². The first-order chi connectivity index (χ1) is 25.2. The van der Waals surface area contributed by atoms with Crippen LogP contribution in [-0.4, -0.2) is 5.71 Å². The SMILES string of the molecule is CC1=C(c2ccc3oc4ccccc4c3c2)C=C(c2cccc3c2-c2ccc(-c4ccccc4)cc2CO3)N=C(c2ccc3ccccc3c2)C1. The number of furan rings is 1. The normalized spacial score (nSPS) is 14.1. The Hall–Kier alpha value is -6.45. The van der Waals surface area contributed by atoms with E-state index < -0.39 is 0 Å². The zero-order valence-electron chi connectivity index (χ0n) is 28.2. The molecule has 3 heterocycles. The molecule has 0 aliphatic carbocycles. The van der Waals surface area contributed by atoms with Gasteiger partial charge in [-0.25, -0.2) is 0 Å². The van der Waals surface area contributed by atoms with Gasteiger partial charge in [-0.05, 0) is 99.1 Å². The van der Waals surface area contributed by atoms with Crippen molar-refractivity contribution in [3.05, 3.63) is 186 Å². The molecule has 0 spiro atoms. The van der Waals surface area contributed by atoms with Gasteiger partial charge in [0.15, 0.2) is 0 Å². The number of ether oxygens (including phenoxy) is 1. The Morgan fingerprint density at radius 2 is 1.33 bits per heavy atom. The molecule has 0 N–H and O–H groups in total.